The Balaban J connectivity index is 0.871. The van der Waals surface area contributed by atoms with Gasteiger partial charge in [0.15, 0.2) is 0 Å². The number of rotatable bonds is 19. The van der Waals surface area contributed by atoms with Gasteiger partial charge in [-0.05, 0) is 56.5 Å². The second kappa shape index (κ2) is 20.8. The molecule has 2 heterocycles. The first-order valence-corrected chi connectivity index (χ1v) is 26.3. The third kappa shape index (κ3) is 10.8. The number of unbranched alkanes of at least 4 members (excludes halogenated alkanes) is 5. The van der Waals surface area contributed by atoms with Gasteiger partial charge in [0.2, 0.25) is 11.8 Å². The van der Waals surface area contributed by atoms with Crippen molar-refractivity contribution in [3.8, 4) is 0 Å². The van der Waals surface area contributed by atoms with E-state index >= 15 is 0 Å². The van der Waals surface area contributed by atoms with Crippen molar-refractivity contribution in [2.75, 3.05) is 26.2 Å². The third-order valence-corrected chi connectivity index (χ3v) is 22.7. The number of hydrogen-bond donors (Lipinski definition) is 4. The number of carbonyl (C=O) groups excluding carboxylic acids is 2. The van der Waals surface area contributed by atoms with Crippen molar-refractivity contribution >= 4 is 49.2 Å². The molecule has 4 atom stereocenters. The van der Waals surface area contributed by atoms with E-state index in [0.29, 0.717) is 39.0 Å². The average Bonchev–Trinajstić information content (AvgIpc) is 3.93. The highest BCUT2D eigenvalue weighted by atomic mass is 28.4. The van der Waals surface area contributed by atoms with Crippen molar-refractivity contribution in [3.05, 3.63) is 121 Å². The molecule has 4 N–H and O–H groups in total. The Morgan fingerprint density at radius 1 is 0.500 bits per heavy atom. The smallest absolute Gasteiger partial charge is 0.261 e. The van der Waals surface area contributed by atoms with Gasteiger partial charge in [-0.25, -0.2) is 0 Å². The van der Waals surface area contributed by atoms with Crippen LogP contribution in [0.25, 0.3) is 0 Å². The molecule has 0 saturated carbocycles. The monoisotopic (exact) mass is 846 g/mol. The lowest BCUT2D eigenvalue weighted by Gasteiger charge is -2.44. The van der Waals surface area contributed by atoms with Crippen LogP contribution in [-0.4, -0.2) is 78.9 Å². The van der Waals surface area contributed by atoms with E-state index in [1.54, 1.807) is 0 Å². The Hall–Kier alpha value is -3.91. The molecule has 4 aromatic rings. The molecule has 10 heteroatoms. The van der Waals surface area contributed by atoms with Gasteiger partial charge in [0, 0.05) is 26.2 Å². The van der Waals surface area contributed by atoms with Crippen LogP contribution in [0.4, 0.5) is 0 Å². The van der Waals surface area contributed by atoms with Gasteiger partial charge in [0.25, 0.3) is 16.6 Å². The lowest BCUT2D eigenvalue weighted by atomic mass is 10.1. The molecule has 6 rings (SSSR count). The summed E-state index contributed by atoms with van der Waals surface area (Å²) in [5, 5.41) is 18.1. The fraction of sp³-hybridized carbons (Fsp3) is 0.480. The minimum Gasteiger partial charge on any atom is -0.403 e. The molecule has 60 heavy (non-hydrogen) atoms. The fourth-order valence-corrected chi connectivity index (χ4v) is 18.9. The molecule has 2 fully saturated rings. The molecular weight excluding hydrogens is 777 g/mol. The zero-order chi connectivity index (χ0) is 42.6. The zero-order valence-corrected chi connectivity index (χ0v) is 39.0. The maximum absolute atomic E-state index is 13.2. The van der Waals surface area contributed by atoms with Crippen LogP contribution in [0.1, 0.15) is 92.9 Å². The van der Waals surface area contributed by atoms with E-state index in [1.165, 1.54) is 20.7 Å². The van der Waals surface area contributed by atoms with E-state index in [9.17, 15) is 9.59 Å². The number of hydrogen-bond acceptors (Lipinski definition) is 6. The molecule has 2 aliphatic heterocycles. The molecule has 0 unspecified atom stereocenters. The van der Waals surface area contributed by atoms with Gasteiger partial charge in [-0.3, -0.25) is 9.59 Å². The summed E-state index contributed by atoms with van der Waals surface area (Å²) in [6, 6.07) is 42.3. The van der Waals surface area contributed by atoms with Crippen LogP contribution in [0.2, 0.25) is 10.1 Å². The largest absolute Gasteiger partial charge is 0.403 e. The first-order chi connectivity index (χ1) is 28.8. The zero-order valence-electron chi connectivity index (χ0n) is 37.0. The molecule has 0 aliphatic carbocycles. The van der Waals surface area contributed by atoms with E-state index < -0.39 is 16.6 Å². The lowest BCUT2D eigenvalue weighted by Crippen LogP contribution is -2.67. The Morgan fingerprint density at radius 2 is 0.783 bits per heavy atom. The van der Waals surface area contributed by atoms with Gasteiger partial charge in [-0.15, -0.1) is 0 Å². The van der Waals surface area contributed by atoms with E-state index in [-0.39, 0.29) is 46.2 Å². The Labute approximate surface area is 362 Å². The van der Waals surface area contributed by atoms with Crippen molar-refractivity contribution in [1.29, 1.82) is 0 Å². The summed E-state index contributed by atoms with van der Waals surface area (Å²) in [5.41, 5.74) is 0. The van der Waals surface area contributed by atoms with Gasteiger partial charge in [0.1, 0.15) is 0 Å². The second-order valence-corrected chi connectivity index (χ2v) is 27.4. The van der Waals surface area contributed by atoms with Gasteiger partial charge in [-0.1, -0.05) is 189 Å². The van der Waals surface area contributed by atoms with Crippen LogP contribution >= 0.6 is 0 Å². The molecule has 0 spiro atoms. The maximum Gasteiger partial charge on any atom is 0.261 e. The lowest BCUT2D eigenvalue weighted by molar-refractivity contribution is -0.123. The highest BCUT2D eigenvalue weighted by Gasteiger charge is 2.53. The number of amides is 2. The first kappa shape index (κ1) is 45.6. The van der Waals surface area contributed by atoms with Gasteiger partial charge in [-0.2, -0.15) is 0 Å². The van der Waals surface area contributed by atoms with Gasteiger partial charge >= 0.3 is 0 Å². The Morgan fingerprint density at radius 3 is 1.07 bits per heavy atom. The van der Waals surface area contributed by atoms with Crippen molar-refractivity contribution < 1.29 is 18.4 Å². The van der Waals surface area contributed by atoms with E-state index in [2.05, 4.69) is 184 Å². The van der Waals surface area contributed by atoms with Crippen LogP contribution < -0.4 is 42.0 Å². The van der Waals surface area contributed by atoms with E-state index in [1.807, 2.05) is 0 Å². The standard InChI is InChI=1S/C50H70N4O4Si2/c1-49(2,3)59(41-25-15-11-16-26-41,42-27-17-12-18-28-42)57-39-35-45(53-37-39)47(55)51-33-23-9-7-8-10-24-34-52-48(56)46-36-40(38-54-46)58-60(50(4,5)6,43-29-19-13-20-30-43)44-31-21-14-22-32-44/h11-22,25-32,39-40,45-46,53-54H,7-10,23-24,33-38H2,1-6H3,(H,51,55)(H,52,56)/t39-,40-,45+,46+/m1/s1. The third-order valence-electron chi connectivity index (χ3n) is 12.5. The molecule has 2 amide bonds. The second-order valence-electron chi connectivity index (χ2n) is 18.9. The summed E-state index contributed by atoms with van der Waals surface area (Å²) >= 11 is 0. The summed E-state index contributed by atoms with van der Waals surface area (Å²) in [6.45, 7) is 16.4. The minimum atomic E-state index is -2.68. The fourth-order valence-electron chi connectivity index (χ4n) is 9.49. The SMILES string of the molecule is CC(C)(C)[Si](O[C@H]1CN[C@H](C(=O)NCCCCCCCCNC(=O)[C@@H]2C[C@@H](O[Si](c3ccccc3)(c3ccccc3)C(C)(C)C)CN2)C1)(c1ccccc1)c1ccccc1. The topological polar surface area (TPSA) is 101 Å². The highest BCUT2D eigenvalue weighted by Crippen LogP contribution is 2.39. The van der Waals surface area contributed by atoms with Gasteiger partial charge in [0.05, 0.1) is 24.3 Å². The van der Waals surface area contributed by atoms with Crippen molar-refractivity contribution in [1.82, 2.24) is 21.3 Å². The molecule has 4 aromatic carbocycles. The molecular formula is C50H70N4O4Si2. The Bertz CT molecular complexity index is 1700. The molecule has 8 nitrogen and oxygen atoms in total. The quantitative estimate of drug-likeness (QED) is 0.0666. The van der Waals surface area contributed by atoms with E-state index in [0.717, 1.165) is 38.5 Å². The average molecular weight is 847 g/mol. The van der Waals surface area contributed by atoms with Crippen LogP contribution in [0.15, 0.2) is 121 Å². The molecule has 2 saturated heterocycles. The summed E-state index contributed by atoms with van der Waals surface area (Å²) in [6.07, 6.45) is 7.54. The predicted octanol–water partition coefficient (Wildman–Crippen LogP) is 6.17. The number of benzene rings is 4. The normalized spacial score (nSPS) is 19.9. The number of nitrogens with one attached hydrogen (secondary N) is 4. The summed E-state index contributed by atoms with van der Waals surface area (Å²) in [5.74, 6) is 0.133. The predicted molar refractivity (Wildman–Crippen MR) is 252 cm³/mol. The molecule has 0 aromatic heterocycles. The van der Waals surface area contributed by atoms with Crippen LogP contribution in [0.3, 0.4) is 0 Å². The van der Waals surface area contributed by atoms with Crippen LogP contribution in [0.5, 0.6) is 0 Å². The van der Waals surface area contributed by atoms with Crippen molar-refractivity contribution in [2.24, 2.45) is 0 Å². The molecule has 2 aliphatic rings. The highest BCUT2D eigenvalue weighted by molar-refractivity contribution is 7.00. The first-order valence-electron chi connectivity index (χ1n) is 22.4. The summed E-state index contributed by atoms with van der Waals surface area (Å²) in [7, 11) is -5.35. The summed E-state index contributed by atoms with van der Waals surface area (Å²) in [4.78, 5) is 26.5. The van der Waals surface area contributed by atoms with Crippen LogP contribution in [-0.2, 0) is 18.4 Å². The summed E-state index contributed by atoms with van der Waals surface area (Å²) < 4.78 is 14.6. The van der Waals surface area contributed by atoms with Gasteiger partial charge < -0.3 is 30.1 Å². The molecule has 0 bridgehead atoms. The van der Waals surface area contributed by atoms with Crippen LogP contribution in [0, 0.1) is 0 Å². The maximum atomic E-state index is 13.2. The Kier molecular flexibility index (Phi) is 15.8. The van der Waals surface area contributed by atoms with Crippen molar-refractivity contribution in [2.45, 2.75) is 127 Å². The number of carbonyl (C=O) groups is 2. The van der Waals surface area contributed by atoms with E-state index in [4.69, 9.17) is 8.85 Å². The minimum absolute atomic E-state index is 0.0442. The molecule has 322 valence electrons. The molecule has 0 radical (unpaired) electrons. The van der Waals surface area contributed by atoms with Crippen molar-refractivity contribution in [3.63, 3.8) is 0 Å².